The number of hydrogen-bond donors (Lipinski definition) is 0. The normalized spacial score (nSPS) is 43.3. The predicted octanol–water partition coefficient (Wildman–Crippen LogP) is 12.2. The van der Waals surface area contributed by atoms with Gasteiger partial charge in [0.1, 0.15) is 0 Å². The summed E-state index contributed by atoms with van der Waals surface area (Å²) < 4.78 is 0. The Morgan fingerprint density at radius 3 is 0.789 bits per heavy atom. The summed E-state index contributed by atoms with van der Waals surface area (Å²) in [5, 5.41) is 0. The first-order valence-electron chi connectivity index (χ1n) is 18.9. The minimum Gasteiger partial charge on any atom is -0.0533 e. The molecule has 0 saturated heterocycles. The van der Waals surface area contributed by atoms with Gasteiger partial charge in [0.25, 0.3) is 0 Å². The number of rotatable bonds is 4. The molecule has 0 bridgehead atoms. The van der Waals surface area contributed by atoms with E-state index in [0.717, 1.165) is 59.2 Å². The van der Waals surface area contributed by atoms with Gasteiger partial charge in [-0.05, 0) is 136 Å². The molecule has 6 saturated carbocycles. The second-order valence-corrected chi connectivity index (χ2v) is 16.1. The first-order chi connectivity index (χ1) is 18.9. The summed E-state index contributed by atoms with van der Waals surface area (Å²) in [6.45, 7) is 0. The fourth-order valence-corrected chi connectivity index (χ4v) is 12.3. The van der Waals surface area contributed by atoms with Crippen molar-refractivity contribution in [2.75, 3.05) is 0 Å². The van der Waals surface area contributed by atoms with E-state index in [1.54, 1.807) is 167 Å². The Morgan fingerprint density at radius 1 is 0.158 bits per heavy atom. The highest BCUT2D eigenvalue weighted by atomic mass is 14.5. The molecule has 6 aliphatic carbocycles. The Balaban J connectivity index is 1.11. The van der Waals surface area contributed by atoms with Crippen LogP contribution in [0.25, 0.3) is 0 Å². The van der Waals surface area contributed by atoms with Crippen molar-refractivity contribution in [2.24, 2.45) is 59.2 Å². The van der Waals surface area contributed by atoms with Crippen LogP contribution in [-0.4, -0.2) is 0 Å². The lowest BCUT2D eigenvalue weighted by Crippen LogP contribution is -2.40. The zero-order valence-corrected chi connectivity index (χ0v) is 25.6. The van der Waals surface area contributed by atoms with E-state index in [2.05, 4.69) is 0 Å². The zero-order valence-electron chi connectivity index (χ0n) is 25.6. The fourth-order valence-electron chi connectivity index (χ4n) is 12.3. The summed E-state index contributed by atoms with van der Waals surface area (Å²) in [5.74, 6) is 11.1. The van der Waals surface area contributed by atoms with Crippen LogP contribution in [0.2, 0.25) is 0 Å². The molecule has 4 unspecified atom stereocenters. The Labute approximate surface area is 238 Å². The molecule has 0 aromatic heterocycles. The number of fused-ring (bicyclic) bond motifs is 1. The van der Waals surface area contributed by atoms with Crippen LogP contribution in [0.1, 0.15) is 180 Å². The van der Waals surface area contributed by atoms with E-state index in [1.807, 2.05) is 0 Å². The molecule has 0 nitrogen and oxygen atoms in total. The maximum Gasteiger partial charge on any atom is -0.0352 e. The standard InChI is InChI=1S/C38H66/c1-2-10-18-36(34-27-23-32(24-28-34)30-15-7-4-8-16-30)38-20-12-11-19-37(38)35(17-9-1)33-25-21-31(22-26-33)29-13-5-3-6-14-29/h29-38H,1-28H2. The maximum atomic E-state index is 1.62. The number of hydrogen-bond acceptors (Lipinski definition) is 0. The van der Waals surface area contributed by atoms with Crippen LogP contribution < -0.4 is 0 Å². The largest absolute Gasteiger partial charge is 0.0533 e. The van der Waals surface area contributed by atoms with Gasteiger partial charge in [-0.15, -0.1) is 0 Å². The molecule has 6 aliphatic rings. The van der Waals surface area contributed by atoms with Crippen molar-refractivity contribution in [3.8, 4) is 0 Å². The third-order valence-corrected chi connectivity index (χ3v) is 14.3. The molecular formula is C38H66. The van der Waals surface area contributed by atoms with Gasteiger partial charge in [-0.1, -0.05) is 103 Å². The molecule has 6 fully saturated rings. The van der Waals surface area contributed by atoms with Crippen molar-refractivity contribution >= 4 is 0 Å². The molecule has 4 atom stereocenters. The van der Waals surface area contributed by atoms with Gasteiger partial charge < -0.3 is 0 Å². The van der Waals surface area contributed by atoms with Crippen molar-refractivity contribution in [2.45, 2.75) is 180 Å². The lowest BCUT2D eigenvalue weighted by molar-refractivity contribution is 0.00653. The molecule has 218 valence electrons. The second kappa shape index (κ2) is 14.3. The highest BCUT2D eigenvalue weighted by molar-refractivity contribution is 4.94. The van der Waals surface area contributed by atoms with Gasteiger partial charge in [0.15, 0.2) is 0 Å². The smallest absolute Gasteiger partial charge is 0.0352 e. The summed E-state index contributed by atoms with van der Waals surface area (Å²) in [5.41, 5.74) is 0. The van der Waals surface area contributed by atoms with Crippen molar-refractivity contribution in [3.63, 3.8) is 0 Å². The van der Waals surface area contributed by atoms with Crippen molar-refractivity contribution in [1.82, 2.24) is 0 Å². The molecule has 6 rings (SSSR count). The zero-order chi connectivity index (χ0) is 25.6. The van der Waals surface area contributed by atoms with E-state index in [9.17, 15) is 0 Å². The summed E-state index contributed by atoms with van der Waals surface area (Å²) in [4.78, 5) is 0. The molecule has 0 aliphatic heterocycles. The minimum atomic E-state index is 1.10. The van der Waals surface area contributed by atoms with E-state index in [1.165, 1.54) is 12.8 Å². The molecular weight excluding hydrogens is 456 g/mol. The van der Waals surface area contributed by atoms with Crippen LogP contribution in [-0.2, 0) is 0 Å². The maximum absolute atomic E-state index is 1.62. The van der Waals surface area contributed by atoms with Crippen LogP contribution in [0.5, 0.6) is 0 Å². The van der Waals surface area contributed by atoms with Crippen molar-refractivity contribution in [1.29, 1.82) is 0 Å². The topological polar surface area (TPSA) is 0 Å². The molecule has 0 N–H and O–H groups in total. The monoisotopic (exact) mass is 523 g/mol. The van der Waals surface area contributed by atoms with Gasteiger partial charge in [0.2, 0.25) is 0 Å². The van der Waals surface area contributed by atoms with Gasteiger partial charge in [0, 0.05) is 0 Å². The Kier molecular flexibility index (Phi) is 10.6. The fraction of sp³-hybridized carbons (Fsp3) is 1.00. The Morgan fingerprint density at radius 2 is 0.395 bits per heavy atom. The molecule has 0 radical (unpaired) electrons. The van der Waals surface area contributed by atoms with Gasteiger partial charge in [-0.25, -0.2) is 0 Å². The molecule has 0 spiro atoms. The first kappa shape index (κ1) is 28.1. The second-order valence-electron chi connectivity index (χ2n) is 16.1. The molecule has 0 heterocycles. The third kappa shape index (κ3) is 6.89. The highest BCUT2D eigenvalue weighted by Crippen LogP contribution is 2.53. The first-order valence-corrected chi connectivity index (χ1v) is 18.9. The minimum absolute atomic E-state index is 1.10. The Bertz CT molecular complexity index is 594. The van der Waals surface area contributed by atoms with E-state index in [-0.39, 0.29) is 0 Å². The third-order valence-electron chi connectivity index (χ3n) is 14.3. The molecule has 0 amide bonds. The van der Waals surface area contributed by atoms with Crippen LogP contribution >= 0.6 is 0 Å². The predicted molar refractivity (Wildman–Crippen MR) is 164 cm³/mol. The van der Waals surface area contributed by atoms with Gasteiger partial charge >= 0.3 is 0 Å². The van der Waals surface area contributed by atoms with Crippen LogP contribution in [0.3, 0.4) is 0 Å². The van der Waals surface area contributed by atoms with E-state index in [4.69, 9.17) is 0 Å². The lowest BCUT2D eigenvalue weighted by Gasteiger charge is -2.49. The van der Waals surface area contributed by atoms with Crippen LogP contribution in [0.15, 0.2) is 0 Å². The average molecular weight is 523 g/mol. The summed E-state index contributed by atoms with van der Waals surface area (Å²) in [6.07, 6.45) is 44.3. The molecule has 38 heavy (non-hydrogen) atoms. The SMILES string of the molecule is C1CCC(C2CCC(C3CCCCCCC(C4CCC(C5CCCCC5)CC4)C4CCCCC34)CC2)CC1. The van der Waals surface area contributed by atoms with Crippen LogP contribution in [0, 0.1) is 59.2 Å². The molecule has 0 aromatic carbocycles. The van der Waals surface area contributed by atoms with Gasteiger partial charge in [0.05, 0.1) is 0 Å². The summed E-state index contributed by atoms with van der Waals surface area (Å²) in [7, 11) is 0. The lowest BCUT2D eigenvalue weighted by atomic mass is 9.56. The average Bonchev–Trinajstić information content (AvgIpc) is 3.00. The van der Waals surface area contributed by atoms with Crippen LogP contribution in [0.4, 0.5) is 0 Å². The van der Waals surface area contributed by atoms with Crippen molar-refractivity contribution < 1.29 is 0 Å². The van der Waals surface area contributed by atoms with Crippen molar-refractivity contribution in [3.05, 3.63) is 0 Å². The highest BCUT2D eigenvalue weighted by Gasteiger charge is 2.43. The summed E-state index contributed by atoms with van der Waals surface area (Å²) >= 11 is 0. The van der Waals surface area contributed by atoms with E-state index < -0.39 is 0 Å². The molecule has 0 aromatic rings. The summed E-state index contributed by atoms with van der Waals surface area (Å²) in [6, 6.07) is 0. The quantitative estimate of drug-likeness (QED) is 0.344. The van der Waals surface area contributed by atoms with E-state index in [0.29, 0.717) is 0 Å². The van der Waals surface area contributed by atoms with E-state index >= 15 is 0 Å². The van der Waals surface area contributed by atoms with Gasteiger partial charge in [-0.3, -0.25) is 0 Å². The Hall–Kier alpha value is 0. The van der Waals surface area contributed by atoms with Gasteiger partial charge in [-0.2, -0.15) is 0 Å². The molecule has 0 heteroatoms.